The standard InChI is InChI=1S/C31H28N2O9/c1-4-5-11-40-28-13-18-20(6-8-24(28)34)32-22(15-26(18)36)30(38)42-31(39)23-16-27(37)19-14-29(41-12-10-17(2)3)25(35)9-7-21(19)33-23/h4-9,13-17H,10-12H2,1-3H3,(H,32,36)(H,33,37). The van der Waals surface area contributed by atoms with Crippen molar-refractivity contribution in [3.63, 3.8) is 0 Å². The minimum atomic E-state index is -1.19. The van der Waals surface area contributed by atoms with Crippen LogP contribution in [-0.4, -0.2) is 35.1 Å². The van der Waals surface area contributed by atoms with Crippen LogP contribution in [0.25, 0.3) is 21.8 Å². The van der Waals surface area contributed by atoms with Gasteiger partial charge >= 0.3 is 11.9 Å². The second-order valence-corrected chi connectivity index (χ2v) is 9.75. The molecule has 11 heteroatoms. The second-order valence-electron chi connectivity index (χ2n) is 9.75. The number of allylic oxidation sites excluding steroid dienone is 1. The summed E-state index contributed by atoms with van der Waals surface area (Å²) >= 11 is 0. The molecule has 0 amide bonds. The molecule has 11 nitrogen and oxygen atoms in total. The van der Waals surface area contributed by atoms with Crippen molar-refractivity contribution in [3.05, 3.63) is 113 Å². The van der Waals surface area contributed by atoms with E-state index in [4.69, 9.17) is 14.2 Å². The van der Waals surface area contributed by atoms with Crippen molar-refractivity contribution in [1.29, 1.82) is 0 Å². The first-order valence-electron chi connectivity index (χ1n) is 13.1. The Morgan fingerprint density at radius 2 is 1.24 bits per heavy atom. The van der Waals surface area contributed by atoms with Gasteiger partial charge in [-0.1, -0.05) is 26.0 Å². The molecule has 0 fully saturated rings. The van der Waals surface area contributed by atoms with Gasteiger partial charge in [-0.15, -0.1) is 0 Å². The van der Waals surface area contributed by atoms with Gasteiger partial charge in [0.25, 0.3) is 0 Å². The van der Waals surface area contributed by atoms with Gasteiger partial charge in [-0.25, -0.2) is 9.59 Å². The van der Waals surface area contributed by atoms with Gasteiger partial charge in [0, 0.05) is 22.9 Å². The summed E-state index contributed by atoms with van der Waals surface area (Å²) in [7, 11) is 0. The first-order valence-corrected chi connectivity index (χ1v) is 13.1. The number of hydrogen-bond donors (Lipinski definition) is 2. The maximum absolute atomic E-state index is 12.8. The highest BCUT2D eigenvalue weighted by atomic mass is 16.6. The number of esters is 2. The molecule has 0 atom stereocenters. The van der Waals surface area contributed by atoms with Gasteiger partial charge in [-0.2, -0.15) is 0 Å². The van der Waals surface area contributed by atoms with Crippen LogP contribution in [0.5, 0.6) is 11.5 Å². The molecule has 0 saturated carbocycles. The van der Waals surface area contributed by atoms with E-state index in [0.29, 0.717) is 18.9 Å². The monoisotopic (exact) mass is 572 g/mol. The first kappa shape index (κ1) is 29.7. The number of carbonyl (C=O) groups excluding carboxylic acids is 2. The quantitative estimate of drug-likeness (QED) is 0.174. The highest BCUT2D eigenvalue weighted by Gasteiger charge is 2.19. The lowest BCUT2D eigenvalue weighted by molar-refractivity contribution is 0.0389. The highest BCUT2D eigenvalue weighted by molar-refractivity contribution is 6.02. The van der Waals surface area contributed by atoms with Crippen molar-refractivity contribution in [2.24, 2.45) is 5.92 Å². The van der Waals surface area contributed by atoms with Gasteiger partial charge in [-0.05, 0) is 55.7 Å². The Bertz CT molecular complexity index is 1960. The summed E-state index contributed by atoms with van der Waals surface area (Å²) in [5.74, 6) is -2.08. The van der Waals surface area contributed by atoms with E-state index in [-0.39, 0.29) is 51.3 Å². The fraction of sp³-hybridized carbons (Fsp3) is 0.226. The van der Waals surface area contributed by atoms with Gasteiger partial charge in [0.15, 0.2) is 22.4 Å². The summed E-state index contributed by atoms with van der Waals surface area (Å²) in [6.45, 7) is 6.23. The Balaban J connectivity index is 1.61. The number of rotatable bonds is 9. The lowest BCUT2D eigenvalue weighted by atomic mass is 10.1. The molecule has 0 unspecified atom stereocenters. The SMILES string of the molecule is CC=CCOc1cc2c(=O)cc(C(=O)OC(=O)c3cc(=O)c4cc(OCCC(C)C)c(=O)ccc4[nH]3)[nH]c2ccc1=O. The van der Waals surface area contributed by atoms with Crippen LogP contribution in [0.4, 0.5) is 0 Å². The third-order valence-corrected chi connectivity index (χ3v) is 6.19. The molecule has 0 spiro atoms. The molecule has 0 aliphatic carbocycles. The summed E-state index contributed by atoms with van der Waals surface area (Å²) in [4.78, 5) is 81.4. The van der Waals surface area contributed by atoms with E-state index in [2.05, 4.69) is 9.97 Å². The van der Waals surface area contributed by atoms with E-state index < -0.39 is 33.7 Å². The second kappa shape index (κ2) is 12.9. The lowest BCUT2D eigenvalue weighted by Crippen LogP contribution is -2.19. The largest absolute Gasteiger partial charge is 0.489 e. The number of carbonyl (C=O) groups is 2. The van der Waals surface area contributed by atoms with Crippen molar-refractivity contribution in [2.45, 2.75) is 27.2 Å². The number of H-pyrrole nitrogens is 2. The zero-order valence-corrected chi connectivity index (χ0v) is 23.1. The molecular weight excluding hydrogens is 544 g/mol. The molecule has 2 heterocycles. The number of fused-ring (bicyclic) bond motifs is 2. The summed E-state index contributed by atoms with van der Waals surface area (Å²) < 4.78 is 15.9. The molecule has 0 radical (unpaired) electrons. The molecule has 0 aliphatic rings. The van der Waals surface area contributed by atoms with Crippen molar-refractivity contribution < 1.29 is 23.8 Å². The fourth-order valence-corrected chi connectivity index (χ4v) is 3.91. The number of aromatic amines is 2. The van der Waals surface area contributed by atoms with Crippen molar-refractivity contribution in [1.82, 2.24) is 9.97 Å². The van der Waals surface area contributed by atoms with E-state index in [1.165, 1.54) is 36.4 Å². The Hall–Kier alpha value is -5.32. The number of nitrogens with one attached hydrogen (secondary N) is 2. The minimum Gasteiger partial charge on any atom is -0.489 e. The summed E-state index contributed by atoms with van der Waals surface area (Å²) in [5, 5.41) is 0.172. The average molecular weight is 573 g/mol. The smallest absolute Gasteiger partial charge is 0.362 e. The summed E-state index contributed by atoms with van der Waals surface area (Å²) in [6, 6.07) is 9.47. The van der Waals surface area contributed by atoms with Gasteiger partial charge in [0.2, 0.25) is 10.9 Å². The normalized spacial score (nSPS) is 11.2. The van der Waals surface area contributed by atoms with Crippen LogP contribution in [0.15, 0.2) is 79.9 Å². The van der Waals surface area contributed by atoms with Crippen molar-refractivity contribution >= 4 is 33.7 Å². The fourth-order valence-electron chi connectivity index (χ4n) is 3.91. The Morgan fingerprint density at radius 1 is 0.738 bits per heavy atom. The van der Waals surface area contributed by atoms with Crippen LogP contribution in [0.2, 0.25) is 0 Å². The molecule has 216 valence electrons. The van der Waals surface area contributed by atoms with Crippen LogP contribution in [0.3, 0.4) is 0 Å². The molecule has 42 heavy (non-hydrogen) atoms. The number of pyridine rings is 2. The summed E-state index contributed by atoms with van der Waals surface area (Å²) in [5.41, 5.74) is -2.59. The van der Waals surface area contributed by atoms with Gasteiger partial charge in [0.1, 0.15) is 18.0 Å². The van der Waals surface area contributed by atoms with Gasteiger partial charge in [-0.3, -0.25) is 19.2 Å². The topological polar surface area (TPSA) is 162 Å². The molecule has 2 N–H and O–H groups in total. The predicted molar refractivity (Wildman–Crippen MR) is 157 cm³/mol. The lowest BCUT2D eigenvalue weighted by Gasteiger charge is -2.06. The zero-order chi connectivity index (χ0) is 30.4. The molecule has 2 aromatic heterocycles. The van der Waals surface area contributed by atoms with Crippen LogP contribution < -0.4 is 31.2 Å². The van der Waals surface area contributed by atoms with E-state index >= 15 is 0 Å². The van der Waals surface area contributed by atoms with Crippen molar-refractivity contribution in [2.75, 3.05) is 13.2 Å². The van der Waals surface area contributed by atoms with Crippen LogP contribution >= 0.6 is 0 Å². The van der Waals surface area contributed by atoms with Crippen molar-refractivity contribution in [3.8, 4) is 11.5 Å². The maximum atomic E-state index is 12.8. The molecule has 0 saturated heterocycles. The van der Waals surface area contributed by atoms with E-state index in [0.717, 1.165) is 12.1 Å². The highest BCUT2D eigenvalue weighted by Crippen LogP contribution is 2.15. The van der Waals surface area contributed by atoms with E-state index in [1.54, 1.807) is 19.1 Å². The molecule has 4 aromatic rings. The Morgan fingerprint density at radius 3 is 1.71 bits per heavy atom. The Kier molecular flexibility index (Phi) is 9.11. The maximum Gasteiger partial charge on any atom is 0.362 e. The van der Waals surface area contributed by atoms with Crippen LogP contribution in [0.1, 0.15) is 48.2 Å². The molecule has 2 aromatic carbocycles. The molecule has 0 bridgehead atoms. The number of aromatic nitrogens is 2. The molecular formula is C31H28N2O9. The number of ether oxygens (including phenoxy) is 3. The zero-order valence-electron chi connectivity index (χ0n) is 23.1. The van der Waals surface area contributed by atoms with Crippen LogP contribution in [0, 0.1) is 5.92 Å². The van der Waals surface area contributed by atoms with Gasteiger partial charge in [0.05, 0.1) is 17.6 Å². The first-order chi connectivity index (χ1) is 20.1. The molecule has 4 rings (SSSR count). The van der Waals surface area contributed by atoms with Crippen LogP contribution in [-0.2, 0) is 4.74 Å². The van der Waals surface area contributed by atoms with Gasteiger partial charge < -0.3 is 24.2 Å². The molecule has 0 aliphatic heterocycles. The minimum absolute atomic E-state index is 0.00380. The third-order valence-electron chi connectivity index (χ3n) is 6.19. The van der Waals surface area contributed by atoms with E-state index in [1.807, 2.05) is 13.8 Å². The predicted octanol–water partition coefficient (Wildman–Crippen LogP) is 3.47. The van der Waals surface area contributed by atoms with E-state index in [9.17, 15) is 28.8 Å². The average Bonchev–Trinajstić information content (AvgIpc) is 3.21. The Labute approximate surface area is 238 Å². The number of hydrogen-bond acceptors (Lipinski definition) is 9. The third kappa shape index (κ3) is 6.87. The summed E-state index contributed by atoms with van der Waals surface area (Å²) in [6.07, 6.45) is 4.14.